The third kappa shape index (κ3) is 3.43. The van der Waals surface area contributed by atoms with E-state index >= 15 is 0 Å². The average molecular weight is 240 g/mol. The van der Waals surface area contributed by atoms with Crippen molar-refractivity contribution in [2.24, 2.45) is 5.41 Å². The van der Waals surface area contributed by atoms with Crippen LogP contribution < -0.4 is 0 Å². The standard InChI is InChI=1S/C14H28N2O/c1-14(2,3)13(17)11-15-8-9-16-7-5-4-6-12(16)10-15/h12-13,17H,4-11H2,1-3H3. The van der Waals surface area contributed by atoms with E-state index in [0.29, 0.717) is 0 Å². The van der Waals surface area contributed by atoms with E-state index in [2.05, 4.69) is 30.6 Å². The van der Waals surface area contributed by atoms with Gasteiger partial charge in [-0.15, -0.1) is 0 Å². The average Bonchev–Trinajstić information content (AvgIpc) is 2.27. The molecule has 0 spiro atoms. The van der Waals surface area contributed by atoms with Crippen LogP contribution in [0.25, 0.3) is 0 Å². The Bertz CT molecular complexity index is 249. The molecule has 2 atom stereocenters. The lowest BCUT2D eigenvalue weighted by Gasteiger charge is -2.45. The molecule has 0 aromatic heterocycles. The molecule has 0 amide bonds. The molecule has 0 aromatic carbocycles. The van der Waals surface area contributed by atoms with Crippen LogP contribution in [0.2, 0.25) is 0 Å². The second-order valence-electron chi connectivity index (χ2n) is 6.83. The number of hydrogen-bond acceptors (Lipinski definition) is 3. The van der Waals surface area contributed by atoms with Crippen molar-refractivity contribution >= 4 is 0 Å². The zero-order valence-corrected chi connectivity index (χ0v) is 11.7. The molecule has 0 saturated carbocycles. The third-order valence-corrected chi connectivity index (χ3v) is 4.35. The van der Waals surface area contributed by atoms with E-state index in [1.807, 2.05) is 0 Å². The van der Waals surface area contributed by atoms with Crippen molar-refractivity contribution in [2.45, 2.75) is 52.2 Å². The lowest BCUT2D eigenvalue weighted by atomic mass is 9.88. The van der Waals surface area contributed by atoms with Gasteiger partial charge in [0.2, 0.25) is 0 Å². The van der Waals surface area contributed by atoms with Gasteiger partial charge < -0.3 is 5.11 Å². The normalized spacial score (nSPS) is 30.0. The summed E-state index contributed by atoms with van der Waals surface area (Å²) in [6, 6.07) is 0.754. The molecule has 2 heterocycles. The van der Waals surface area contributed by atoms with Crippen LogP contribution in [-0.2, 0) is 0 Å². The molecule has 0 aliphatic carbocycles. The molecule has 2 aliphatic rings. The van der Waals surface area contributed by atoms with Crippen molar-refractivity contribution in [2.75, 3.05) is 32.7 Å². The summed E-state index contributed by atoms with van der Waals surface area (Å²) in [6.07, 6.45) is 3.90. The molecule has 0 bridgehead atoms. The van der Waals surface area contributed by atoms with E-state index in [1.165, 1.54) is 32.4 Å². The van der Waals surface area contributed by atoms with Crippen LogP contribution in [0.4, 0.5) is 0 Å². The first-order valence-corrected chi connectivity index (χ1v) is 7.11. The zero-order valence-electron chi connectivity index (χ0n) is 11.7. The molecule has 0 radical (unpaired) electrons. The number of nitrogens with zero attached hydrogens (tertiary/aromatic N) is 2. The van der Waals surface area contributed by atoms with Crippen molar-refractivity contribution in [1.82, 2.24) is 9.80 Å². The van der Waals surface area contributed by atoms with E-state index in [-0.39, 0.29) is 11.5 Å². The van der Waals surface area contributed by atoms with Crippen LogP contribution in [0, 0.1) is 5.41 Å². The highest BCUT2D eigenvalue weighted by molar-refractivity contribution is 4.87. The summed E-state index contributed by atoms with van der Waals surface area (Å²) in [7, 11) is 0. The molecule has 3 nitrogen and oxygen atoms in total. The van der Waals surface area contributed by atoms with E-state index in [4.69, 9.17) is 0 Å². The summed E-state index contributed by atoms with van der Waals surface area (Å²) < 4.78 is 0. The second kappa shape index (κ2) is 5.25. The number of piperazine rings is 1. The van der Waals surface area contributed by atoms with Crippen LogP contribution in [0.15, 0.2) is 0 Å². The molecule has 0 aromatic rings. The fraction of sp³-hybridized carbons (Fsp3) is 1.00. The number of hydrogen-bond donors (Lipinski definition) is 1. The van der Waals surface area contributed by atoms with Crippen molar-refractivity contribution in [1.29, 1.82) is 0 Å². The van der Waals surface area contributed by atoms with Gasteiger partial charge in [0.15, 0.2) is 0 Å². The summed E-state index contributed by atoms with van der Waals surface area (Å²) in [4.78, 5) is 5.10. The van der Waals surface area contributed by atoms with E-state index in [0.717, 1.165) is 25.7 Å². The molecule has 100 valence electrons. The molecule has 2 saturated heterocycles. The van der Waals surface area contributed by atoms with Crippen LogP contribution in [-0.4, -0.2) is 59.8 Å². The van der Waals surface area contributed by atoms with Crippen LogP contribution in [0.3, 0.4) is 0 Å². The minimum atomic E-state index is -0.211. The van der Waals surface area contributed by atoms with Gasteiger partial charge in [-0.25, -0.2) is 0 Å². The minimum Gasteiger partial charge on any atom is -0.391 e. The topological polar surface area (TPSA) is 26.7 Å². The van der Waals surface area contributed by atoms with Crippen LogP contribution in [0.1, 0.15) is 40.0 Å². The summed E-state index contributed by atoms with van der Waals surface area (Å²) in [5, 5.41) is 10.2. The summed E-state index contributed by atoms with van der Waals surface area (Å²) in [5.41, 5.74) is 0.00367. The SMILES string of the molecule is CC(C)(C)C(O)CN1CCN2CCCCC2C1. The Morgan fingerprint density at radius 2 is 1.94 bits per heavy atom. The molecule has 2 aliphatic heterocycles. The van der Waals surface area contributed by atoms with Gasteiger partial charge in [-0.2, -0.15) is 0 Å². The highest BCUT2D eigenvalue weighted by atomic mass is 16.3. The number of aliphatic hydroxyl groups is 1. The molecule has 17 heavy (non-hydrogen) atoms. The molecular formula is C14H28N2O. The first-order valence-electron chi connectivity index (χ1n) is 7.11. The fourth-order valence-electron chi connectivity index (χ4n) is 2.90. The monoisotopic (exact) mass is 240 g/mol. The Balaban J connectivity index is 1.83. The van der Waals surface area contributed by atoms with Crippen LogP contribution in [0.5, 0.6) is 0 Å². The third-order valence-electron chi connectivity index (χ3n) is 4.35. The molecule has 3 heteroatoms. The predicted molar refractivity (Wildman–Crippen MR) is 71.1 cm³/mol. The van der Waals surface area contributed by atoms with Gasteiger partial charge in [-0.3, -0.25) is 9.80 Å². The highest BCUT2D eigenvalue weighted by Gasteiger charge is 2.31. The highest BCUT2D eigenvalue weighted by Crippen LogP contribution is 2.24. The van der Waals surface area contributed by atoms with E-state index < -0.39 is 0 Å². The minimum absolute atomic E-state index is 0.00367. The number of fused-ring (bicyclic) bond motifs is 1. The largest absolute Gasteiger partial charge is 0.391 e. The number of piperidine rings is 1. The smallest absolute Gasteiger partial charge is 0.0715 e. The van der Waals surface area contributed by atoms with E-state index in [9.17, 15) is 5.11 Å². The van der Waals surface area contributed by atoms with Crippen molar-refractivity contribution in [3.8, 4) is 0 Å². The zero-order chi connectivity index (χ0) is 12.5. The number of aliphatic hydroxyl groups excluding tert-OH is 1. The van der Waals surface area contributed by atoms with Crippen molar-refractivity contribution < 1.29 is 5.11 Å². The van der Waals surface area contributed by atoms with Gasteiger partial charge in [0.1, 0.15) is 0 Å². The molecule has 1 N–H and O–H groups in total. The number of rotatable bonds is 2. The first-order chi connectivity index (χ1) is 7.97. The van der Waals surface area contributed by atoms with Gasteiger partial charge in [-0.05, 0) is 24.8 Å². The van der Waals surface area contributed by atoms with Gasteiger partial charge in [-0.1, -0.05) is 27.2 Å². The molecule has 2 unspecified atom stereocenters. The fourth-order valence-corrected chi connectivity index (χ4v) is 2.90. The molecule has 2 rings (SSSR count). The van der Waals surface area contributed by atoms with Gasteiger partial charge in [0.25, 0.3) is 0 Å². The molecule has 2 fully saturated rings. The summed E-state index contributed by atoms with van der Waals surface area (Å²) >= 11 is 0. The predicted octanol–water partition coefficient (Wildman–Crippen LogP) is 1.56. The van der Waals surface area contributed by atoms with Gasteiger partial charge in [0, 0.05) is 32.2 Å². The van der Waals surface area contributed by atoms with Gasteiger partial charge >= 0.3 is 0 Å². The van der Waals surface area contributed by atoms with Crippen molar-refractivity contribution in [3.05, 3.63) is 0 Å². The Morgan fingerprint density at radius 1 is 1.18 bits per heavy atom. The Morgan fingerprint density at radius 3 is 2.65 bits per heavy atom. The maximum atomic E-state index is 10.2. The molecular weight excluding hydrogens is 212 g/mol. The lowest BCUT2D eigenvalue weighted by Crippen LogP contribution is -2.56. The lowest BCUT2D eigenvalue weighted by molar-refractivity contribution is -0.00883. The Hall–Kier alpha value is -0.120. The maximum absolute atomic E-state index is 10.2. The second-order valence-corrected chi connectivity index (χ2v) is 6.83. The first kappa shape index (κ1) is 13.3. The Labute approximate surface area is 106 Å². The van der Waals surface area contributed by atoms with Crippen molar-refractivity contribution in [3.63, 3.8) is 0 Å². The van der Waals surface area contributed by atoms with E-state index in [1.54, 1.807) is 0 Å². The maximum Gasteiger partial charge on any atom is 0.0715 e. The summed E-state index contributed by atoms with van der Waals surface area (Å²) in [5.74, 6) is 0. The number of β-amino-alcohol motifs (C(OH)–C–C–N with tert-alkyl or cyclic N) is 1. The van der Waals surface area contributed by atoms with Gasteiger partial charge in [0.05, 0.1) is 6.10 Å². The quantitative estimate of drug-likeness (QED) is 0.793. The van der Waals surface area contributed by atoms with Crippen LogP contribution >= 0.6 is 0 Å². The Kier molecular flexibility index (Phi) is 4.11. The summed E-state index contributed by atoms with van der Waals surface area (Å²) in [6.45, 7) is 12.0.